The first-order valence-corrected chi connectivity index (χ1v) is 6.98. The van der Waals surface area contributed by atoms with E-state index in [1.807, 2.05) is 19.1 Å². The number of methoxy groups -OCH3 is 1. The van der Waals surface area contributed by atoms with Crippen LogP contribution in [0.4, 0.5) is 5.69 Å². The summed E-state index contributed by atoms with van der Waals surface area (Å²) in [5.74, 6) is 1.11. The Bertz CT molecular complexity index is 629. The van der Waals surface area contributed by atoms with Crippen LogP contribution in [0, 0.1) is 6.92 Å². The van der Waals surface area contributed by atoms with E-state index in [-0.39, 0.29) is 5.91 Å². The highest BCUT2D eigenvalue weighted by Crippen LogP contribution is 2.29. The highest BCUT2D eigenvalue weighted by molar-refractivity contribution is 6.18. The maximum atomic E-state index is 11.9. The summed E-state index contributed by atoms with van der Waals surface area (Å²) >= 11 is 5.60. The average molecular weight is 293 g/mol. The summed E-state index contributed by atoms with van der Waals surface area (Å²) < 4.78 is 5.28. The fraction of sp³-hybridized carbons (Fsp3) is 0.333. The molecule has 0 aliphatic heterocycles. The molecule has 2 rings (SSSR count). The number of carbonyl (C=O) groups excluding carboxylic acids is 1. The molecule has 0 spiro atoms. The van der Waals surface area contributed by atoms with Gasteiger partial charge in [-0.3, -0.25) is 9.78 Å². The first-order chi connectivity index (χ1) is 9.65. The number of hydrogen-bond donors (Lipinski definition) is 1. The van der Waals surface area contributed by atoms with E-state index in [9.17, 15) is 4.79 Å². The summed E-state index contributed by atoms with van der Waals surface area (Å²) in [7, 11) is 1.60. The van der Waals surface area contributed by atoms with Gasteiger partial charge in [-0.25, -0.2) is 0 Å². The van der Waals surface area contributed by atoms with E-state index in [0.29, 0.717) is 30.2 Å². The third-order valence-corrected chi connectivity index (χ3v) is 3.35. The standard InChI is InChI=1S/C15H17ClN2O2/c1-10-5-7-17-15-12(10)8-11(20-2)9-13(15)18-14(19)4-3-6-16/h5,7-9H,3-4,6H2,1-2H3,(H,18,19). The van der Waals surface area contributed by atoms with E-state index in [0.717, 1.165) is 16.5 Å². The van der Waals surface area contributed by atoms with Crippen LogP contribution in [-0.4, -0.2) is 23.9 Å². The number of aromatic nitrogens is 1. The predicted octanol–water partition coefficient (Wildman–Crippen LogP) is 3.51. The molecule has 1 amide bonds. The number of fused-ring (bicyclic) bond motifs is 1. The number of aryl methyl sites for hydroxylation is 1. The van der Waals surface area contributed by atoms with Gasteiger partial charge in [-0.1, -0.05) is 0 Å². The molecule has 0 unspecified atom stereocenters. The Morgan fingerprint density at radius 2 is 2.25 bits per heavy atom. The van der Waals surface area contributed by atoms with Crippen LogP contribution in [0.1, 0.15) is 18.4 Å². The Kier molecular flexibility index (Phi) is 4.79. The molecule has 0 radical (unpaired) electrons. The zero-order chi connectivity index (χ0) is 14.5. The largest absolute Gasteiger partial charge is 0.497 e. The highest BCUT2D eigenvalue weighted by atomic mass is 35.5. The molecule has 106 valence electrons. The van der Waals surface area contributed by atoms with Crippen molar-refractivity contribution in [3.05, 3.63) is 30.0 Å². The summed E-state index contributed by atoms with van der Waals surface area (Å²) in [6.45, 7) is 2.00. The minimum Gasteiger partial charge on any atom is -0.497 e. The van der Waals surface area contributed by atoms with E-state index in [2.05, 4.69) is 10.3 Å². The van der Waals surface area contributed by atoms with Gasteiger partial charge >= 0.3 is 0 Å². The summed E-state index contributed by atoms with van der Waals surface area (Å²) in [5, 5.41) is 3.85. The first-order valence-electron chi connectivity index (χ1n) is 6.45. The van der Waals surface area contributed by atoms with E-state index in [4.69, 9.17) is 16.3 Å². The summed E-state index contributed by atoms with van der Waals surface area (Å²) in [4.78, 5) is 16.2. The molecule has 0 aliphatic rings. The lowest BCUT2D eigenvalue weighted by atomic mass is 10.1. The van der Waals surface area contributed by atoms with Crippen molar-refractivity contribution in [2.75, 3.05) is 18.3 Å². The molecule has 20 heavy (non-hydrogen) atoms. The van der Waals surface area contributed by atoms with Crippen LogP contribution in [0.3, 0.4) is 0 Å². The number of pyridine rings is 1. The van der Waals surface area contributed by atoms with Crippen molar-refractivity contribution in [1.29, 1.82) is 0 Å². The second-order valence-electron chi connectivity index (χ2n) is 4.54. The molecular formula is C15H17ClN2O2. The molecule has 1 heterocycles. The molecule has 0 saturated carbocycles. The number of hydrogen-bond acceptors (Lipinski definition) is 3. The summed E-state index contributed by atoms with van der Waals surface area (Å²) in [6.07, 6.45) is 2.79. The molecule has 0 bridgehead atoms. The van der Waals surface area contributed by atoms with Crippen molar-refractivity contribution in [2.24, 2.45) is 0 Å². The number of benzene rings is 1. The van der Waals surface area contributed by atoms with Crippen LogP contribution in [-0.2, 0) is 4.79 Å². The van der Waals surface area contributed by atoms with Crippen molar-refractivity contribution in [3.63, 3.8) is 0 Å². The van der Waals surface area contributed by atoms with Gasteiger partial charge in [0.25, 0.3) is 0 Å². The number of halogens is 1. The molecule has 2 aromatic rings. The number of rotatable bonds is 5. The van der Waals surface area contributed by atoms with E-state index >= 15 is 0 Å². The van der Waals surface area contributed by atoms with Crippen LogP contribution in [0.25, 0.3) is 10.9 Å². The summed E-state index contributed by atoms with van der Waals surface area (Å²) in [6, 6.07) is 5.64. The quantitative estimate of drug-likeness (QED) is 0.858. The number of carbonyl (C=O) groups is 1. The molecule has 1 aromatic heterocycles. The van der Waals surface area contributed by atoms with Crippen LogP contribution in [0.5, 0.6) is 5.75 Å². The average Bonchev–Trinajstić information content (AvgIpc) is 2.45. The SMILES string of the molecule is COc1cc(NC(=O)CCCCl)c2nccc(C)c2c1. The molecule has 0 atom stereocenters. The van der Waals surface area contributed by atoms with Crippen LogP contribution in [0.15, 0.2) is 24.4 Å². The Hall–Kier alpha value is -1.81. The lowest BCUT2D eigenvalue weighted by Crippen LogP contribution is -2.12. The molecule has 0 saturated heterocycles. The normalized spacial score (nSPS) is 10.6. The van der Waals surface area contributed by atoms with Gasteiger partial charge in [0.15, 0.2) is 0 Å². The zero-order valence-electron chi connectivity index (χ0n) is 11.6. The fourth-order valence-corrected chi connectivity index (χ4v) is 2.15. The van der Waals surface area contributed by atoms with Crippen molar-refractivity contribution in [1.82, 2.24) is 4.98 Å². The van der Waals surface area contributed by atoms with Crippen LogP contribution < -0.4 is 10.1 Å². The van der Waals surface area contributed by atoms with Gasteiger partial charge in [0, 0.05) is 30.0 Å². The number of nitrogens with zero attached hydrogens (tertiary/aromatic N) is 1. The second-order valence-corrected chi connectivity index (χ2v) is 4.92. The van der Waals surface area contributed by atoms with Gasteiger partial charge < -0.3 is 10.1 Å². The Labute approximate surface area is 123 Å². The number of anilines is 1. The van der Waals surface area contributed by atoms with Gasteiger partial charge in [0.05, 0.1) is 18.3 Å². The monoisotopic (exact) mass is 292 g/mol. The molecule has 4 nitrogen and oxygen atoms in total. The van der Waals surface area contributed by atoms with Crippen molar-refractivity contribution in [2.45, 2.75) is 19.8 Å². The Balaban J connectivity index is 2.40. The predicted molar refractivity (Wildman–Crippen MR) is 81.6 cm³/mol. The molecule has 1 aromatic carbocycles. The minimum atomic E-state index is -0.0662. The molecular weight excluding hydrogens is 276 g/mol. The molecule has 5 heteroatoms. The maximum absolute atomic E-state index is 11.9. The molecule has 0 fully saturated rings. The third-order valence-electron chi connectivity index (χ3n) is 3.08. The topological polar surface area (TPSA) is 51.2 Å². The van der Waals surface area contributed by atoms with E-state index < -0.39 is 0 Å². The van der Waals surface area contributed by atoms with Gasteiger partial charge in [-0.15, -0.1) is 11.6 Å². The fourth-order valence-electron chi connectivity index (χ4n) is 2.01. The van der Waals surface area contributed by atoms with Gasteiger partial charge in [0.2, 0.25) is 5.91 Å². The van der Waals surface area contributed by atoms with Gasteiger partial charge in [-0.05, 0) is 31.0 Å². The van der Waals surface area contributed by atoms with Gasteiger partial charge in [-0.2, -0.15) is 0 Å². The third kappa shape index (κ3) is 3.20. The summed E-state index contributed by atoms with van der Waals surface area (Å²) in [5.41, 5.74) is 2.53. The van der Waals surface area contributed by atoms with E-state index in [1.165, 1.54) is 0 Å². The maximum Gasteiger partial charge on any atom is 0.224 e. The highest BCUT2D eigenvalue weighted by Gasteiger charge is 2.10. The van der Waals surface area contributed by atoms with Crippen molar-refractivity contribution in [3.8, 4) is 5.75 Å². The first kappa shape index (κ1) is 14.6. The number of amides is 1. The molecule has 0 aliphatic carbocycles. The Morgan fingerprint density at radius 3 is 2.95 bits per heavy atom. The Morgan fingerprint density at radius 1 is 1.45 bits per heavy atom. The molecule has 1 N–H and O–H groups in total. The lowest BCUT2D eigenvalue weighted by Gasteiger charge is -2.11. The van der Waals surface area contributed by atoms with E-state index in [1.54, 1.807) is 19.4 Å². The number of ether oxygens (including phenoxy) is 1. The number of nitrogens with one attached hydrogen (secondary N) is 1. The lowest BCUT2D eigenvalue weighted by molar-refractivity contribution is -0.116. The number of alkyl halides is 1. The van der Waals surface area contributed by atoms with Crippen LogP contribution in [0.2, 0.25) is 0 Å². The van der Waals surface area contributed by atoms with Crippen molar-refractivity contribution < 1.29 is 9.53 Å². The van der Waals surface area contributed by atoms with Gasteiger partial charge in [0.1, 0.15) is 5.75 Å². The minimum absolute atomic E-state index is 0.0662. The second kappa shape index (κ2) is 6.57. The zero-order valence-corrected chi connectivity index (χ0v) is 12.3. The van der Waals surface area contributed by atoms with Crippen molar-refractivity contribution >= 4 is 34.1 Å². The van der Waals surface area contributed by atoms with Crippen LogP contribution >= 0.6 is 11.6 Å². The smallest absolute Gasteiger partial charge is 0.224 e.